The van der Waals surface area contributed by atoms with Crippen molar-refractivity contribution in [3.05, 3.63) is 28.3 Å². The number of hydrogen-bond acceptors (Lipinski definition) is 7. The molecule has 2 aromatic rings. The molecule has 2 N–H and O–H groups in total. The maximum atomic E-state index is 10.5. The van der Waals surface area contributed by atoms with Gasteiger partial charge >= 0.3 is 0 Å². The summed E-state index contributed by atoms with van der Waals surface area (Å²) in [4.78, 5) is 10.7. The molecular weight excluding hydrogens is 244 g/mol. The van der Waals surface area contributed by atoms with E-state index in [0.717, 1.165) is 0 Å². The molecule has 8 nitrogen and oxygen atoms in total. The van der Waals surface area contributed by atoms with E-state index in [1.165, 1.54) is 28.6 Å². The van der Waals surface area contributed by atoms with Crippen LogP contribution in [0.5, 0.6) is 0 Å². The summed E-state index contributed by atoms with van der Waals surface area (Å²) >= 11 is 1.25. The van der Waals surface area contributed by atoms with E-state index in [2.05, 4.69) is 15.5 Å². The van der Waals surface area contributed by atoms with Crippen LogP contribution in [0.3, 0.4) is 0 Å². The van der Waals surface area contributed by atoms with Gasteiger partial charge in [0.1, 0.15) is 0 Å². The average Bonchev–Trinajstić information content (AvgIpc) is 2.67. The fraction of sp³-hybridized carbons (Fsp3) is 0.125. The van der Waals surface area contributed by atoms with Crippen LogP contribution >= 0.6 is 11.8 Å². The van der Waals surface area contributed by atoms with Gasteiger partial charge in [-0.15, -0.1) is 5.10 Å². The third-order valence-electron chi connectivity index (χ3n) is 1.99. The van der Waals surface area contributed by atoms with E-state index >= 15 is 0 Å². The highest BCUT2D eigenvalue weighted by molar-refractivity contribution is 7.99. The Hall–Kier alpha value is -2.16. The highest BCUT2D eigenvalue weighted by atomic mass is 32.2. The van der Waals surface area contributed by atoms with Gasteiger partial charge in [-0.2, -0.15) is 0 Å². The normalized spacial score (nSPS) is 10.4. The molecule has 1 aromatic carbocycles. The number of nitrogen functional groups attached to an aromatic ring is 1. The van der Waals surface area contributed by atoms with Gasteiger partial charge in [-0.3, -0.25) is 10.1 Å². The van der Waals surface area contributed by atoms with Crippen molar-refractivity contribution in [3.63, 3.8) is 0 Å². The molecule has 0 aliphatic carbocycles. The summed E-state index contributed by atoms with van der Waals surface area (Å²) in [6.07, 6.45) is 0. The minimum Gasteiger partial charge on any atom is -0.398 e. The Bertz CT molecular complexity index is 569. The van der Waals surface area contributed by atoms with Crippen LogP contribution in [0.15, 0.2) is 28.3 Å². The van der Waals surface area contributed by atoms with Crippen LogP contribution in [-0.4, -0.2) is 25.1 Å². The van der Waals surface area contributed by atoms with Crippen LogP contribution in [0.4, 0.5) is 11.4 Å². The molecule has 9 heteroatoms. The molecular formula is C8H8N6O2S. The molecule has 0 aliphatic heterocycles. The number of hydrogen-bond donors (Lipinski definition) is 1. The van der Waals surface area contributed by atoms with Crippen LogP contribution in [0.25, 0.3) is 0 Å². The minimum atomic E-state index is -0.491. The van der Waals surface area contributed by atoms with Crippen molar-refractivity contribution in [2.24, 2.45) is 7.05 Å². The zero-order chi connectivity index (χ0) is 12.4. The van der Waals surface area contributed by atoms with Crippen LogP contribution in [0, 0.1) is 10.1 Å². The van der Waals surface area contributed by atoms with E-state index in [1.54, 1.807) is 13.1 Å². The Morgan fingerprint density at radius 2 is 2.29 bits per heavy atom. The number of aromatic nitrogens is 4. The smallest absolute Gasteiger partial charge is 0.271 e. The predicted octanol–water partition coefficient (Wildman–Crippen LogP) is 0.852. The monoisotopic (exact) mass is 252 g/mol. The van der Waals surface area contributed by atoms with E-state index in [-0.39, 0.29) is 5.69 Å². The zero-order valence-corrected chi connectivity index (χ0v) is 9.59. The van der Waals surface area contributed by atoms with Crippen molar-refractivity contribution < 1.29 is 4.92 Å². The van der Waals surface area contributed by atoms with Crippen LogP contribution < -0.4 is 5.73 Å². The third kappa shape index (κ3) is 2.33. The van der Waals surface area contributed by atoms with Crippen LogP contribution in [-0.2, 0) is 7.05 Å². The largest absolute Gasteiger partial charge is 0.398 e. The highest BCUT2D eigenvalue weighted by Gasteiger charge is 2.12. The quantitative estimate of drug-likeness (QED) is 0.489. The van der Waals surface area contributed by atoms with Gasteiger partial charge in [-0.05, 0) is 28.3 Å². The molecule has 0 aliphatic rings. The lowest BCUT2D eigenvalue weighted by Gasteiger charge is -2.03. The van der Waals surface area contributed by atoms with E-state index < -0.39 is 4.92 Å². The highest BCUT2D eigenvalue weighted by Crippen LogP contribution is 2.32. The van der Waals surface area contributed by atoms with E-state index in [4.69, 9.17) is 5.73 Å². The maximum Gasteiger partial charge on any atom is 0.271 e. The van der Waals surface area contributed by atoms with E-state index in [1.807, 2.05) is 0 Å². The van der Waals surface area contributed by atoms with E-state index in [9.17, 15) is 10.1 Å². The molecule has 0 unspecified atom stereocenters. The molecule has 2 rings (SSSR count). The molecule has 0 saturated carbocycles. The second-order valence-corrected chi connectivity index (χ2v) is 4.18. The van der Waals surface area contributed by atoms with Crippen molar-refractivity contribution in [1.29, 1.82) is 0 Å². The van der Waals surface area contributed by atoms with Gasteiger partial charge in [0, 0.05) is 24.1 Å². The number of aryl methyl sites for hydroxylation is 1. The molecule has 0 bridgehead atoms. The first-order valence-electron chi connectivity index (χ1n) is 4.52. The number of non-ortho nitro benzene ring substituents is 1. The molecule has 0 radical (unpaired) electrons. The maximum absolute atomic E-state index is 10.5. The van der Waals surface area contributed by atoms with Crippen molar-refractivity contribution in [2.45, 2.75) is 10.1 Å². The van der Waals surface area contributed by atoms with Crippen molar-refractivity contribution in [1.82, 2.24) is 20.2 Å². The lowest BCUT2D eigenvalue weighted by Crippen LogP contribution is -1.96. The molecule has 17 heavy (non-hydrogen) atoms. The summed E-state index contributed by atoms with van der Waals surface area (Å²) < 4.78 is 1.49. The number of nitrogens with two attached hydrogens (primary N) is 1. The topological polar surface area (TPSA) is 113 Å². The SMILES string of the molecule is Cn1nnnc1Sc1ccc([N+](=O)[O-])cc1N. The van der Waals surface area contributed by atoms with Crippen LogP contribution in [0.2, 0.25) is 0 Å². The molecule has 88 valence electrons. The summed E-state index contributed by atoms with van der Waals surface area (Å²) in [5.74, 6) is 0. The number of anilines is 1. The first kappa shape index (κ1) is 11.3. The molecule has 1 heterocycles. The molecule has 1 aromatic heterocycles. The average molecular weight is 252 g/mol. The van der Waals surface area contributed by atoms with Crippen LogP contribution in [0.1, 0.15) is 0 Å². The second-order valence-electron chi connectivity index (χ2n) is 3.17. The predicted molar refractivity (Wildman–Crippen MR) is 60.4 cm³/mol. The van der Waals surface area contributed by atoms with E-state index in [0.29, 0.717) is 15.7 Å². The Balaban J connectivity index is 2.29. The molecule has 0 saturated heterocycles. The lowest BCUT2D eigenvalue weighted by molar-refractivity contribution is -0.384. The lowest BCUT2D eigenvalue weighted by atomic mass is 10.3. The molecule has 0 amide bonds. The van der Waals surface area contributed by atoms with Gasteiger partial charge in [0.15, 0.2) is 0 Å². The summed E-state index contributed by atoms with van der Waals surface area (Å²) in [5, 5.41) is 22.0. The van der Waals surface area contributed by atoms with Crippen molar-refractivity contribution in [3.8, 4) is 0 Å². The molecule has 0 spiro atoms. The zero-order valence-electron chi connectivity index (χ0n) is 8.77. The Labute approximate surface area is 100.0 Å². The summed E-state index contributed by atoms with van der Waals surface area (Å²) in [7, 11) is 1.70. The number of nitrogens with zero attached hydrogens (tertiary/aromatic N) is 5. The van der Waals surface area contributed by atoms with Gasteiger partial charge in [0.05, 0.1) is 10.6 Å². The molecule has 0 fully saturated rings. The molecule has 0 atom stereocenters. The van der Waals surface area contributed by atoms with Gasteiger partial charge in [-0.1, -0.05) is 0 Å². The van der Waals surface area contributed by atoms with Gasteiger partial charge in [-0.25, -0.2) is 4.68 Å². The number of nitro benzene ring substituents is 1. The summed E-state index contributed by atoms with van der Waals surface area (Å²) in [5.41, 5.74) is 6.01. The first-order valence-corrected chi connectivity index (χ1v) is 5.33. The Morgan fingerprint density at radius 3 is 2.82 bits per heavy atom. The fourth-order valence-corrected chi connectivity index (χ4v) is 1.90. The number of benzene rings is 1. The summed E-state index contributed by atoms with van der Waals surface area (Å²) in [6, 6.07) is 4.28. The Kier molecular flexibility index (Phi) is 2.91. The van der Waals surface area contributed by atoms with Gasteiger partial charge in [0.25, 0.3) is 5.69 Å². The number of tetrazole rings is 1. The van der Waals surface area contributed by atoms with Crippen molar-refractivity contribution in [2.75, 3.05) is 5.73 Å². The summed E-state index contributed by atoms with van der Waals surface area (Å²) in [6.45, 7) is 0. The standard InChI is InChI=1S/C8H8N6O2S/c1-13-8(10-11-12-13)17-7-3-2-5(14(15)16)4-6(7)9/h2-4H,9H2,1H3. The fourth-order valence-electron chi connectivity index (χ4n) is 1.15. The van der Waals surface area contributed by atoms with Crippen molar-refractivity contribution >= 4 is 23.1 Å². The number of nitro groups is 1. The second kappa shape index (κ2) is 4.37. The first-order chi connectivity index (χ1) is 8.08. The van der Waals surface area contributed by atoms with Gasteiger partial charge < -0.3 is 5.73 Å². The number of rotatable bonds is 3. The Morgan fingerprint density at radius 1 is 1.53 bits per heavy atom. The van der Waals surface area contributed by atoms with Gasteiger partial charge in [0.2, 0.25) is 5.16 Å². The minimum absolute atomic E-state index is 0.0389. The third-order valence-corrected chi connectivity index (χ3v) is 3.11.